The van der Waals surface area contributed by atoms with Crippen LogP contribution in [0.1, 0.15) is 18.1 Å². The fourth-order valence-corrected chi connectivity index (χ4v) is 2.64. The Morgan fingerprint density at radius 2 is 2.11 bits per heavy atom. The molecule has 4 nitrogen and oxygen atoms in total. The second kappa shape index (κ2) is 8.13. The van der Waals surface area contributed by atoms with E-state index < -0.39 is 0 Å². The van der Waals surface area contributed by atoms with Gasteiger partial charge >= 0.3 is 0 Å². The van der Waals surface area contributed by atoms with E-state index in [-0.39, 0.29) is 12.5 Å². The van der Waals surface area contributed by atoms with E-state index in [1.165, 1.54) is 0 Å². The van der Waals surface area contributed by atoms with Crippen molar-refractivity contribution >= 4 is 17.7 Å². The highest BCUT2D eigenvalue weighted by molar-refractivity contribution is 7.98. The fourth-order valence-electron chi connectivity index (χ4n) is 1.52. The first kappa shape index (κ1) is 15.0. The Morgan fingerprint density at radius 1 is 1.44 bits per heavy atom. The molecule has 0 bridgehead atoms. The molecule has 100 valence electrons. The summed E-state index contributed by atoms with van der Waals surface area (Å²) in [6.07, 6.45) is 0.308. The van der Waals surface area contributed by atoms with Gasteiger partial charge in [-0.1, -0.05) is 31.2 Å². The number of hydrogen-bond acceptors (Lipinski definition) is 4. The second-order valence-electron chi connectivity index (χ2n) is 4.32. The number of aliphatic hydroxyl groups excluding tert-OH is 1. The lowest BCUT2D eigenvalue weighted by Gasteiger charge is -2.10. The maximum atomic E-state index is 11.3. The van der Waals surface area contributed by atoms with Crippen LogP contribution >= 0.6 is 11.8 Å². The molecular formula is C13H20N2O2S. The zero-order chi connectivity index (χ0) is 13.4. The van der Waals surface area contributed by atoms with Gasteiger partial charge in [0.1, 0.15) is 0 Å². The van der Waals surface area contributed by atoms with Crippen molar-refractivity contribution in [3.63, 3.8) is 0 Å². The lowest BCUT2D eigenvalue weighted by molar-refractivity contribution is -0.120. The van der Waals surface area contributed by atoms with Gasteiger partial charge in [0.2, 0.25) is 5.91 Å². The minimum absolute atomic E-state index is 0.184. The van der Waals surface area contributed by atoms with Crippen LogP contribution in [0.5, 0.6) is 0 Å². The zero-order valence-corrected chi connectivity index (χ0v) is 11.4. The van der Waals surface area contributed by atoms with Gasteiger partial charge < -0.3 is 5.11 Å². The highest BCUT2D eigenvalue weighted by Crippen LogP contribution is 2.19. The van der Waals surface area contributed by atoms with E-state index in [2.05, 4.69) is 5.43 Å². The monoisotopic (exact) mass is 268 g/mol. The molecule has 0 heterocycles. The van der Waals surface area contributed by atoms with Gasteiger partial charge in [-0.2, -0.15) is 11.8 Å². The van der Waals surface area contributed by atoms with Gasteiger partial charge in [0, 0.05) is 12.4 Å². The van der Waals surface area contributed by atoms with Gasteiger partial charge in [0.25, 0.3) is 0 Å². The molecule has 1 rings (SSSR count). The molecule has 0 saturated heterocycles. The molecule has 18 heavy (non-hydrogen) atoms. The maximum absolute atomic E-state index is 11.3. The summed E-state index contributed by atoms with van der Waals surface area (Å²) in [6, 6.07) is 7.86. The Balaban J connectivity index is 2.56. The molecule has 5 heteroatoms. The predicted molar refractivity (Wildman–Crippen MR) is 74.9 cm³/mol. The Bertz CT molecular complexity index is 385. The largest absolute Gasteiger partial charge is 0.396 e. The Hall–Kier alpha value is -1.04. The number of aliphatic hydroxyl groups is 1. The van der Waals surface area contributed by atoms with Crippen molar-refractivity contribution in [2.24, 2.45) is 11.8 Å². The summed E-state index contributed by atoms with van der Waals surface area (Å²) in [5, 5.41) is 8.96. The summed E-state index contributed by atoms with van der Waals surface area (Å²) in [5.74, 6) is 6.97. The summed E-state index contributed by atoms with van der Waals surface area (Å²) in [4.78, 5) is 11.3. The molecule has 0 fully saturated rings. The molecule has 1 amide bonds. The number of thioether (sulfide) groups is 1. The quantitative estimate of drug-likeness (QED) is 0.393. The summed E-state index contributed by atoms with van der Waals surface area (Å²) >= 11 is 1.76. The molecule has 0 spiro atoms. The van der Waals surface area contributed by atoms with E-state index in [0.717, 1.165) is 22.6 Å². The minimum atomic E-state index is -0.184. The molecule has 0 aliphatic carbocycles. The van der Waals surface area contributed by atoms with E-state index in [9.17, 15) is 4.79 Å². The third-order valence-electron chi connectivity index (χ3n) is 2.60. The first-order chi connectivity index (χ1) is 8.67. The van der Waals surface area contributed by atoms with E-state index in [1.807, 2.05) is 31.2 Å². The van der Waals surface area contributed by atoms with Gasteiger partial charge in [0.05, 0.1) is 6.42 Å². The highest BCUT2D eigenvalue weighted by atomic mass is 32.2. The molecule has 1 aromatic carbocycles. The maximum Gasteiger partial charge on any atom is 0.238 e. The molecule has 1 unspecified atom stereocenters. The van der Waals surface area contributed by atoms with E-state index in [0.29, 0.717) is 12.3 Å². The summed E-state index contributed by atoms with van der Waals surface area (Å²) in [5.41, 5.74) is 4.30. The van der Waals surface area contributed by atoms with Crippen LogP contribution in [0.15, 0.2) is 24.3 Å². The minimum Gasteiger partial charge on any atom is -0.396 e. The van der Waals surface area contributed by atoms with Crippen molar-refractivity contribution in [2.75, 3.05) is 12.4 Å². The molecule has 0 aliphatic rings. The van der Waals surface area contributed by atoms with E-state index >= 15 is 0 Å². The molecule has 4 N–H and O–H groups in total. The third kappa shape index (κ3) is 5.08. The molecule has 0 aromatic heterocycles. The number of carbonyl (C=O) groups excluding carboxylic acids is 1. The molecule has 0 saturated carbocycles. The van der Waals surface area contributed by atoms with E-state index in [4.69, 9.17) is 10.9 Å². The van der Waals surface area contributed by atoms with Crippen molar-refractivity contribution < 1.29 is 9.90 Å². The smallest absolute Gasteiger partial charge is 0.238 e. The second-order valence-corrected chi connectivity index (χ2v) is 5.35. The van der Waals surface area contributed by atoms with Crippen LogP contribution in [0, 0.1) is 5.92 Å². The number of carbonyl (C=O) groups is 1. The third-order valence-corrected chi connectivity index (χ3v) is 3.92. The topological polar surface area (TPSA) is 75.3 Å². The van der Waals surface area contributed by atoms with Crippen molar-refractivity contribution in [2.45, 2.75) is 19.1 Å². The Kier molecular flexibility index (Phi) is 6.78. The van der Waals surface area contributed by atoms with Crippen LogP contribution in [0.3, 0.4) is 0 Å². The molecule has 0 radical (unpaired) electrons. The van der Waals surface area contributed by atoms with Crippen LogP contribution in [-0.4, -0.2) is 23.4 Å². The van der Waals surface area contributed by atoms with Gasteiger partial charge in [0.15, 0.2) is 0 Å². The average Bonchev–Trinajstić information content (AvgIpc) is 2.40. The number of rotatable bonds is 7. The zero-order valence-electron chi connectivity index (χ0n) is 10.6. The number of amides is 1. The average molecular weight is 268 g/mol. The molecular weight excluding hydrogens is 248 g/mol. The van der Waals surface area contributed by atoms with Crippen LogP contribution < -0.4 is 11.3 Å². The van der Waals surface area contributed by atoms with Gasteiger partial charge in [-0.05, 0) is 22.8 Å². The summed E-state index contributed by atoms with van der Waals surface area (Å²) in [7, 11) is 0. The van der Waals surface area contributed by atoms with Crippen LogP contribution in [0.2, 0.25) is 0 Å². The molecule has 1 aromatic rings. The van der Waals surface area contributed by atoms with Crippen molar-refractivity contribution in [1.82, 2.24) is 5.43 Å². The van der Waals surface area contributed by atoms with Gasteiger partial charge in [-0.3, -0.25) is 10.2 Å². The van der Waals surface area contributed by atoms with Gasteiger partial charge in [-0.25, -0.2) is 5.84 Å². The van der Waals surface area contributed by atoms with Crippen LogP contribution in [0.25, 0.3) is 0 Å². The Morgan fingerprint density at radius 3 is 2.72 bits per heavy atom. The number of benzene rings is 1. The lowest BCUT2D eigenvalue weighted by Crippen LogP contribution is -2.31. The van der Waals surface area contributed by atoms with Crippen molar-refractivity contribution in [1.29, 1.82) is 0 Å². The number of nitrogens with one attached hydrogen (secondary N) is 1. The van der Waals surface area contributed by atoms with Crippen molar-refractivity contribution in [3.8, 4) is 0 Å². The summed E-state index contributed by atoms with van der Waals surface area (Å²) < 4.78 is 0. The predicted octanol–water partition coefficient (Wildman–Crippen LogP) is 1.08. The van der Waals surface area contributed by atoms with Crippen molar-refractivity contribution in [3.05, 3.63) is 35.4 Å². The number of nitrogens with two attached hydrogens (primary N) is 1. The van der Waals surface area contributed by atoms with E-state index in [1.54, 1.807) is 11.8 Å². The van der Waals surface area contributed by atoms with Crippen LogP contribution in [0.4, 0.5) is 0 Å². The molecule has 0 aliphatic heterocycles. The first-order valence-corrected chi connectivity index (χ1v) is 7.07. The normalized spacial score (nSPS) is 12.2. The van der Waals surface area contributed by atoms with Crippen LogP contribution in [-0.2, 0) is 17.0 Å². The number of hydrazine groups is 1. The summed E-state index contributed by atoms with van der Waals surface area (Å²) in [6.45, 7) is 2.23. The SMILES string of the molecule is CC(CO)CSCc1ccccc1CC(=O)NN. The van der Waals surface area contributed by atoms with Gasteiger partial charge in [-0.15, -0.1) is 0 Å². The Labute approximate surface area is 112 Å². The first-order valence-electron chi connectivity index (χ1n) is 5.92. The number of hydrogen-bond donors (Lipinski definition) is 3. The standard InChI is InChI=1S/C13H20N2O2S/c1-10(7-16)8-18-9-12-5-3-2-4-11(12)6-13(17)15-14/h2-5,10,16H,6-9,14H2,1H3,(H,15,17). The highest BCUT2D eigenvalue weighted by Gasteiger charge is 2.07. The lowest BCUT2D eigenvalue weighted by atomic mass is 10.1. The molecule has 1 atom stereocenters. The fraction of sp³-hybridized carbons (Fsp3) is 0.462.